The molecular formula is C10H17N5O2. The molecule has 17 heavy (non-hydrogen) atoms. The fraction of sp³-hybridized carbons (Fsp3) is 0.600. The van der Waals surface area contributed by atoms with Gasteiger partial charge in [-0.3, -0.25) is 10.1 Å². The molecule has 0 saturated carbocycles. The van der Waals surface area contributed by atoms with E-state index in [-0.39, 0.29) is 23.4 Å². The highest BCUT2D eigenvalue weighted by molar-refractivity contribution is 5.68. The number of anilines is 2. The quantitative estimate of drug-likeness (QED) is 0.618. The van der Waals surface area contributed by atoms with Crippen LogP contribution in [-0.2, 0) is 0 Å². The smallest absolute Gasteiger partial charge is 0.353 e. The number of rotatable bonds is 5. The average Bonchev–Trinajstić information content (AvgIpc) is 2.29. The van der Waals surface area contributed by atoms with Gasteiger partial charge >= 0.3 is 5.69 Å². The topological polar surface area (TPSA) is 98.2 Å². The minimum absolute atomic E-state index is 0.0993. The van der Waals surface area contributed by atoms with Crippen LogP contribution in [0.5, 0.6) is 0 Å². The lowest BCUT2D eigenvalue weighted by molar-refractivity contribution is -0.383. The molecule has 0 aliphatic heterocycles. The monoisotopic (exact) mass is 239 g/mol. The Bertz CT molecular complexity index is 406. The summed E-state index contributed by atoms with van der Waals surface area (Å²) in [6.45, 7) is 4.06. The number of nitro groups is 1. The molecular weight excluding hydrogens is 222 g/mol. The van der Waals surface area contributed by atoms with Gasteiger partial charge in [0.2, 0.25) is 11.6 Å². The van der Waals surface area contributed by atoms with Gasteiger partial charge in [-0.2, -0.15) is 0 Å². The molecule has 1 aromatic heterocycles. The van der Waals surface area contributed by atoms with Gasteiger partial charge in [0.05, 0.1) is 4.92 Å². The summed E-state index contributed by atoms with van der Waals surface area (Å²) in [5, 5.41) is 11.0. The summed E-state index contributed by atoms with van der Waals surface area (Å²) in [5.41, 5.74) is 5.30. The SMILES string of the molecule is CCC(CC)N(C)c1ncnc(N)c1[N+](=O)[O-]. The fourth-order valence-corrected chi connectivity index (χ4v) is 1.83. The molecule has 0 radical (unpaired) electrons. The largest absolute Gasteiger partial charge is 0.378 e. The number of nitrogens with two attached hydrogens (primary N) is 1. The Labute approximate surface area is 99.8 Å². The molecule has 0 aromatic carbocycles. The van der Waals surface area contributed by atoms with Crippen LogP contribution < -0.4 is 10.6 Å². The summed E-state index contributed by atoms with van der Waals surface area (Å²) in [5.74, 6) is 0.175. The van der Waals surface area contributed by atoms with Crippen LogP contribution in [0.25, 0.3) is 0 Å². The third kappa shape index (κ3) is 2.61. The highest BCUT2D eigenvalue weighted by atomic mass is 16.6. The van der Waals surface area contributed by atoms with E-state index in [1.54, 1.807) is 11.9 Å². The number of hydrogen-bond donors (Lipinski definition) is 1. The van der Waals surface area contributed by atoms with Crippen LogP contribution in [0.4, 0.5) is 17.3 Å². The lowest BCUT2D eigenvalue weighted by Crippen LogP contribution is -2.31. The first-order chi connectivity index (χ1) is 8.02. The molecule has 2 N–H and O–H groups in total. The predicted molar refractivity (Wildman–Crippen MR) is 65.9 cm³/mol. The molecule has 1 rings (SSSR count). The van der Waals surface area contributed by atoms with Gasteiger partial charge in [0.1, 0.15) is 6.33 Å². The van der Waals surface area contributed by atoms with Crippen molar-refractivity contribution in [3.63, 3.8) is 0 Å². The minimum Gasteiger partial charge on any atom is -0.378 e. The third-order valence-corrected chi connectivity index (χ3v) is 2.84. The molecule has 0 aliphatic rings. The molecule has 0 spiro atoms. The van der Waals surface area contributed by atoms with E-state index in [1.807, 2.05) is 13.8 Å². The normalized spacial score (nSPS) is 10.6. The van der Waals surface area contributed by atoms with Crippen LogP contribution >= 0.6 is 0 Å². The Balaban J connectivity index is 3.21. The summed E-state index contributed by atoms with van der Waals surface area (Å²) in [4.78, 5) is 19.8. The molecule has 0 aliphatic carbocycles. The van der Waals surface area contributed by atoms with Crippen LogP contribution in [0.15, 0.2) is 6.33 Å². The molecule has 0 amide bonds. The minimum atomic E-state index is -0.538. The van der Waals surface area contributed by atoms with Crippen molar-refractivity contribution in [1.82, 2.24) is 9.97 Å². The van der Waals surface area contributed by atoms with E-state index in [2.05, 4.69) is 9.97 Å². The van der Waals surface area contributed by atoms with Crippen LogP contribution in [0.3, 0.4) is 0 Å². The molecule has 7 nitrogen and oxygen atoms in total. The molecule has 1 heterocycles. The lowest BCUT2D eigenvalue weighted by Gasteiger charge is -2.26. The van der Waals surface area contributed by atoms with E-state index in [9.17, 15) is 10.1 Å². The maximum atomic E-state index is 11.0. The molecule has 0 fully saturated rings. The van der Waals surface area contributed by atoms with E-state index < -0.39 is 4.92 Å². The van der Waals surface area contributed by atoms with Crippen molar-refractivity contribution in [2.24, 2.45) is 0 Å². The van der Waals surface area contributed by atoms with E-state index in [0.717, 1.165) is 12.8 Å². The first kappa shape index (κ1) is 13.1. The fourth-order valence-electron chi connectivity index (χ4n) is 1.83. The molecule has 0 saturated heterocycles. The molecule has 0 bridgehead atoms. The van der Waals surface area contributed by atoms with Crippen molar-refractivity contribution in [3.8, 4) is 0 Å². The maximum absolute atomic E-state index is 11.0. The first-order valence-electron chi connectivity index (χ1n) is 5.50. The van der Waals surface area contributed by atoms with Crippen molar-refractivity contribution < 1.29 is 4.92 Å². The predicted octanol–water partition coefficient (Wildman–Crippen LogP) is 1.59. The van der Waals surface area contributed by atoms with Crippen molar-refractivity contribution in [1.29, 1.82) is 0 Å². The van der Waals surface area contributed by atoms with Crippen molar-refractivity contribution in [3.05, 3.63) is 16.4 Å². The molecule has 94 valence electrons. The lowest BCUT2D eigenvalue weighted by atomic mass is 10.1. The summed E-state index contributed by atoms with van der Waals surface area (Å²) in [6.07, 6.45) is 3.01. The molecule has 0 unspecified atom stereocenters. The van der Waals surface area contributed by atoms with Crippen LogP contribution in [0.1, 0.15) is 26.7 Å². The highest BCUT2D eigenvalue weighted by Gasteiger charge is 2.26. The summed E-state index contributed by atoms with van der Waals surface area (Å²) >= 11 is 0. The standard InChI is InChI=1S/C10H17N5O2/c1-4-7(5-2)14(3)10-8(15(16)17)9(11)12-6-13-10/h6-7H,4-5H2,1-3H3,(H2,11,12,13). The van der Waals surface area contributed by atoms with Gasteiger partial charge < -0.3 is 10.6 Å². The number of nitrogen functional groups attached to an aromatic ring is 1. The second-order valence-corrected chi connectivity index (χ2v) is 3.77. The number of nitrogens with zero attached hydrogens (tertiary/aromatic N) is 4. The number of aromatic nitrogens is 2. The second kappa shape index (κ2) is 5.42. The van der Waals surface area contributed by atoms with E-state index in [0.29, 0.717) is 0 Å². The maximum Gasteiger partial charge on any atom is 0.353 e. The molecule has 0 atom stereocenters. The first-order valence-corrected chi connectivity index (χ1v) is 5.50. The summed E-state index contributed by atoms with van der Waals surface area (Å²) in [7, 11) is 1.78. The van der Waals surface area contributed by atoms with E-state index in [4.69, 9.17) is 5.73 Å². The summed E-state index contributed by atoms with van der Waals surface area (Å²) < 4.78 is 0. The van der Waals surface area contributed by atoms with E-state index >= 15 is 0 Å². The van der Waals surface area contributed by atoms with Gasteiger partial charge in [0.15, 0.2) is 0 Å². The van der Waals surface area contributed by atoms with Crippen molar-refractivity contribution in [2.75, 3.05) is 17.7 Å². The Kier molecular flexibility index (Phi) is 4.19. The van der Waals surface area contributed by atoms with Gasteiger partial charge in [0, 0.05) is 13.1 Å². The zero-order valence-electron chi connectivity index (χ0n) is 10.3. The van der Waals surface area contributed by atoms with Crippen molar-refractivity contribution >= 4 is 17.3 Å². The van der Waals surface area contributed by atoms with Crippen LogP contribution in [0.2, 0.25) is 0 Å². The molecule has 7 heteroatoms. The van der Waals surface area contributed by atoms with Crippen LogP contribution in [0, 0.1) is 10.1 Å². The van der Waals surface area contributed by atoms with Gasteiger partial charge in [0.25, 0.3) is 0 Å². The third-order valence-electron chi connectivity index (χ3n) is 2.84. The Morgan fingerprint density at radius 3 is 2.53 bits per heavy atom. The van der Waals surface area contributed by atoms with Gasteiger partial charge in [-0.1, -0.05) is 13.8 Å². The van der Waals surface area contributed by atoms with Gasteiger partial charge in [-0.25, -0.2) is 9.97 Å². The summed E-state index contributed by atoms with van der Waals surface area (Å²) in [6, 6.07) is 0.197. The number of hydrogen-bond acceptors (Lipinski definition) is 6. The Hall–Kier alpha value is -1.92. The second-order valence-electron chi connectivity index (χ2n) is 3.77. The van der Waals surface area contributed by atoms with Gasteiger partial charge in [-0.05, 0) is 12.8 Å². The van der Waals surface area contributed by atoms with Crippen LogP contribution in [-0.4, -0.2) is 28.0 Å². The van der Waals surface area contributed by atoms with Gasteiger partial charge in [-0.15, -0.1) is 0 Å². The Morgan fingerprint density at radius 1 is 1.47 bits per heavy atom. The average molecular weight is 239 g/mol. The zero-order chi connectivity index (χ0) is 13.0. The zero-order valence-corrected chi connectivity index (χ0v) is 10.3. The Morgan fingerprint density at radius 2 is 2.06 bits per heavy atom. The molecule has 1 aromatic rings. The van der Waals surface area contributed by atoms with E-state index in [1.165, 1.54) is 6.33 Å². The highest BCUT2D eigenvalue weighted by Crippen LogP contribution is 2.30. The van der Waals surface area contributed by atoms with Crippen molar-refractivity contribution in [2.45, 2.75) is 32.7 Å².